The summed E-state index contributed by atoms with van der Waals surface area (Å²) in [4.78, 5) is 31.3. The van der Waals surface area contributed by atoms with Gasteiger partial charge in [0.2, 0.25) is 11.8 Å². The zero-order valence-electron chi connectivity index (χ0n) is 16.3. The van der Waals surface area contributed by atoms with Gasteiger partial charge in [-0.25, -0.2) is 13.4 Å². The number of amides is 2. The van der Waals surface area contributed by atoms with Gasteiger partial charge in [0.25, 0.3) is 0 Å². The van der Waals surface area contributed by atoms with Crippen LogP contribution in [0.1, 0.15) is 6.42 Å². The first kappa shape index (κ1) is 20.3. The van der Waals surface area contributed by atoms with Crippen LogP contribution in [0.15, 0.2) is 47.4 Å². The Morgan fingerprint density at radius 2 is 2.07 bits per heavy atom. The lowest BCUT2D eigenvalue weighted by molar-refractivity contribution is -0.122. The molecular weight excluding hydrogens is 426 g/mol. The van der Waals surface area contributed by atoms with Crippen LogP contribution in [-0.4, -0.2) is 45.1 Å². The topological polar surface area (TPSA) is 106 Å². The monoisotopic (exact) mass is 445 g/mol. The third-order valence-electron chi connectivity index (χ3n) is 4.88. The summed E-state index contributed by atoms with van der Waals surface area (Å²) in [5.41, 5.74) is 1.28. The van der Waals surface area contributed by atoms with Gasteiger partial charge in [0.05, 0.1) is 28.1 Å². The minimum Gasteiger partial charge on any atom is -0.497 e. The van der Waals surface area contributed by atoms with Crippen molar-refractivity contribution in [2.75, 3.05) is 30.1 Å². The second kappa shape index (κ2) is 7.69. The number of aromatic nitrogens is 1. The largest absolute Gasteiger partial charge is 0.497 e. The lowest BCUT2D eigenvalue weighted by Gasteiger charge is -2.17. The van der Waals surface area contributed by atoms with Crippen LogP contribution >= 0.6 is 11.3 Å². The number of sulfone groups is 1. The predicted octanol–water partition coefficient (Wildman–Crippen LogP) is 2.70. The third kappa shape index (κ3) is 4.01. The second-order valence-corrected chi connectivity index (χ2v) is 10.1. The maximum atomic E-state index is 12.7. The third-order valence-corrected chi connectivity index (χ3v) is 6.92. The van der Waals surface area contributed by atoms with E-state index in [1.807, 2.05) is 0 Å². The van der Waals surface area contributed by atoms with Gasteiger partial charge in [-0.15, -0.1) is 0 Å². The number of benzene rings is 2. The number of nitrogens with one attached hydrogen (secondary N) is 1. The fourth-order valence-corrected chi connectivity index (χ4v) is 4.94. The van der Waals surface area contributed by atoms with E-state index < -0.39 is 15.8 Å². The molecule has 156 valence electrons. The van der Waals surface area contributed by atoms with Crippen LogP contribution in [0.25, 0.3) is 10.2 Å². The van der Waals surface area contributed by atoms with Gasteiger partial charge in [-0.05, 0) is 30.3 Å². The molecule has 3 aromatic rings. The van der Waals surface area contributed by atoms with Crippen molar-refractivity contribution < 1.29 is 22.7 Å². The van der Waals surface area contributed by atoms with Crippen LogP contribution in [-0.2, 0) is 19.4 Å². The Labute approximate surface area is 177 Å². The van der Waals surface area contributed by atoms with Crippen LogP contribution < -0.4 is 15.0 Å². The molecule has 1 N–H and O–H groups in total. The number of thiazole rings is 1. The van der Waals surface area contributed by atoms with Crippen molar-refractivity contribution in [3.8, 4) is 5.75 Å². The summed E-state index contributed by atoms with van der Waals surface area (Å²) in [6.07, 6.45) is 1.25. The van der Waals surface area contributed by atoms with Crippen molar-refractivity contribution in [2.24, 2.45) is 5.92 Å². The molecule has 1 fully saturated rings. The van der Waals surface area contributed by atoms with Crippen molar-refractivity contribution in [3.63, 3.8) is 0 Å². The predicted molar refractivity (Wildman–Crippen MR) is 115 cm³/mol. The van der Waals surface area contributed by atoms with Crippen molar-refractivity contribution in [2.45, 2.75) is 11.3 Å². The van der Waals surface area contributed by atoms with Crippen LogP contribution in [0.2, 0.25) is 0 Å². The highest BCUT2D eigenvalue weighted by Crippen LogP contribution is 2.31. The molecular formula is C20H19N3O5S2. The summed E-state index contributed by atoms with van der Waals surface area (Å²) >= 11 is 1.20. The smallest absolute Gasteiger partial charge is 0.231 e. The van der Waals surface area contributed by atoms with Crippen LogP contribution in [0, 0.1) is 5.92 Å². The van der Waals surface area contributed by atoms with Gasteiger partial charge < -0.3 is 15.0 Å². The number of carbonyl (C=O) groups excluding carboxylic acids is 2. The Balaban J connectivity index is 1.49. The standard InChI is InChI=1S/C20H19N3O5S2/c1-28-14-5-3-4-13(9-14)23-11-12(8-18(23)24)19(25)22-20-21-16-7-6-15(30(2,26)27)10-17(16)29-20/h3-7,9-10,12H,8,11H2,1-2H3,(H,21,22,25). The first-order valence-corrected chi connectivity index (χ1v) is 11.8. The normalized spacial score (nSPS) is 16.8. The van der Waals surface area contributed by atoms with E-state index in [0.29, 0.717) is 26.8 Å². The average Bonchev–Trinajstić information content (AvgIpc) is 3.29. The summed E-state index contributed by atoms with van der Waals surface area (Å²) < 4.78 is 29.3. The Morgan fingerprint density at radius 1 is 1.27 bits per heavy atom. The molecule has 0 saturated carbocycles. The van der Waals surface area contributed by atoms with Gasteiger partial charge in [0.1, 0.15) is 5.75 Å². The number of hydrogen-bond donors (Lipinski definition) is 1. The van der Waals surface area contributed by atoms with Gasteiger partial charge in [-0.3, -0.25) is 9.59 Å². The molecule has 1 aliphatic heterocycles. The van der Waals surface area contributed by atoms with E-state index in [1.165, 1.54) is 17.4 Å². The molecule has 1 aromatic heterocycles. The van der Waals surface area contributed by atoms with E-state index in [0.717, 1.165) is 6.26 Å². The van der Waals surface area contributed by atoms with E-state index in [2.05, 4.69) is 10.3 Å². The summed E-state index contributed by atoms with van der Waals surface area (Å²) in [7, 11) is -1.77. The van der Waals surface area contributed by atoms with E-state index in [-0.39, 0.29) is 29.7 Å². The zero-order valence-corrected chi connectivity index (χ0v) is 17.9. The maximum absolute atomic E-state index is 12.7. The first-order valence-electron chi connectivity index (χ1n) is 9.10. The molecule has 1 aliphatic rings. The van der Waals surface area contributed by atoms with Crippen molar-refractivity contribution in [3.05, 3.63) is 42.5 Å². The van der Waals surface area contributed by atoms with Crippen molar-refractivity contribution >= 4 is 54.0 Å². The minimum absolute atomic E-state index is 0.103. The Morgan fingerprint density at radius 3 is 2.80 bits per heavy atom. The fourth-order valence-electron chi connectivity index (χ4n) is 3.31. The number of methoxy groups -OCH3 is 1. The van der Waals surface area contributed by atoms with E-state index >= 15 is 0 Å². The molecule has 2 aromatic carbocycles. The van der Waals surface area contributed by atoms with Gasteiger partial charge >= 0.3 is 0 Å². The fraction of sp³-hybridized carbons (Fsp3) is 0.250. The Bertz CT molecular complexity index is 1250. The van der Waals surface area contributed by atoms with Gasteiger partial charge in [-0.2, -0.15) is 0 Å². The molecule has 1 atom stereocenters. The Kier molecular flexibility index (Phi) is 5.20. The first-order chi connectivity index (χ1) is 14.2. The number of anilines is 2. The minimum atomic E-state index is -3.33. The molecule has 4 rings (SSSR count). The number of hydrogen-bond acceptors (Lipinski definition) is 7. The molecule has 1 unspecified atom stereocenters. The van der Waals surface area contributed by atoms with Gasteiger partial charge in [0.15, 0.2) is 15.0 Å². The number of nitrogens with zero attached hydrogens (tertiary/aromatic N) is 2. The molecule has 0 aliphatic carbocycles. The highest BCUT2D eigenvalue weighted by atomic mass is 32.2. The van der Waals surface area contributed by atoms with Gasteiger partial charge in [-0.1, -0.05) is 17.4 Å². The van der Waals surface area contributed by atoms with Crippen LogP contribution in [0.3, 0.4) is 0 Å². The summed E-state index contributed by atoms with van der Waals surface area (Å²) in [6, 6.07) is 11.8. The summed E-state index contributed by atoms with van der Waals surface area (Å²) in [5, 5.41) is 3.13. The molecule has 8 nitrogen and oxygen atoms in total. The van der Waals surface area contributed by atoms with Crippen LogP contribution in [0.5, 0.6) is 5.75 Å². The molecule has 10 heteroatoms. The quantitative estimate of drug-likeness (QED) is 0.647. The number of ether oxygens (including phenoxy) is 1. The second-order valence-electron chi connectivity index (χ2n) is 7.02. The molecule has 1 saturated heterocycles. The van der Waals surface area contributed by atoms with E-state index in [9.17, 15) is 18.0 Å². The Hall–Kier alpha value is -2.98. The molecule has 2 heterocycles. The highest BCUT2D eigenvalue weighted by molar-refractivity contribution is 7.90. The molecule has 2 amide bonds. The molecule has 30 heavy (non-hydrogen) atoms. The van der Waals surface area contributed by atoms with E-state index in [1.54, 1.807) is 48.4 Å². The van der Waals surface area contributed by atoms with E-state index in [4.69, 9.17) is 4.74 Å². The summed E-state index contributed by atoms with van der Waals surface area (Å²) in [6.45, 7) is 0.265. The molecule has 0 bridgehead atoms. The lowest BCUT2D eigenvalue weighted by Crippen LogP contribution is -2.28. The SMILES string of the molecule is COc1cccc(N2CC(C(=O)Nc3nc4ccc(S(C)(=O)=O)cc4s3)CC2=O)c1. The lowest BCUT2D eigenvalue weighted by atomic mass is 10.1. The highest BCUT2D eigenvalue weighted by Gasteiger charge is 2.35. The van der Waals surface area contributed by atoms with Gasteiger partial charge in [0, 0.05) is 31.0 Å². The average molecular weight is 446 g/mol. The van der Waals surface area contributed by atoms with Crippen molar-refractivity contribution in [1.29, 1.82) is 0 Å². The number of fused-ring (bicyclic) bond motifs is 1. The molecule has 0 spiro atoms. The van der Waals surface area contributed by atoms with Crippen LogP contribution in [0.4, 0.5) is 10.8 Å². The zero-order chi connectivity index (χ0) is 21.5. The number of rotatable bonds is 5. The summed E-state index contributed by atoms with van der Waals surface area (Å²) in [5.74, 6) is -0.305. The molecule has 0 radical (unpaired) electrons. The number of carbonyl (C=O) groups is 2. The van der Waals surface area contributed by atoms with Crippen molar-refractivity contribution in [1.82, 2.24) is 4.98 Å². The maximum Gasteiger partial charge on any atom is 0.231 e.